The first-order valence-electron chi connectivity index (χ1n) is 7.81. The van der Waals surface area contributed by atoms with Gasteiger partial charge in [0.25, 0.3) is 0 Å². The Hall–Kier alpha value is -1.85. The fourth-order valence-corrected chi connectivity index (χ4v) is 4.67. The zero-order valence-electron chi connectivity index (χ0n) is 12.0. The van der Waals surface area contributed by atoms with Crippen molar-refractivity contribution in [3.63, 3.8) is 0 Å². The summed E-state index contributed by atoms with van der Waals surface area (Å²) in [6.07, 6.45) is 3.63. The van der Waals surface area contributed by atoms with Gasteiger partial charge in [-0.3, -0.25) is 0 Å². The van der Waals surface area contributed by atoms with E-state index in [1.165, 1.54) is 6.42 Å². The average Bonchev–Trinajstić information content (AvgIpc) is 3.15. The molecule has 2 aromatic carbocycles. The molecule has 2 fully saturated rings. The third-order valence-corrected chi connectivity index (χ3v) is 5.71. The fourth-order valence-electron chi connectivity index (χ4n) is 4.67. The molecule has 1 N–H and O–H groups in total. The van der Waals surface area contributed by atoms with E-state index in [2.05, 4.69) is 18.2 Å². The fraction of sp³-hybridized carbons (Fsp3) is 0.421. The van der Waals surface area contributed by atoms with Gasteiger partial charge in [-0.15, -0.1) is 0 Å². The minimum absolute atomic E-state index is 0.362. The van der Waals surface area contributed by atoms with Gasteiger partial charge in [-0.25, -0.2) is 0 Å². The molecule has 2 heteroatoms. The highest BCUT2D eigenvalue weighted by molar-refractivity contribution is 5.86. The second kappa shape index (κ2) is 4.58. The van der Waals surface area contributed by atoms with Gasteiger partial charge in [0.15, 0.2) is 0 Å². The molecule has 0 aromatic heterocycles. The lowest BCUT2D eigenvalue weighted by molar-refractivity contribution is 0.0244. The number of aliphatic hydroxyl groups is 1. The van der Waals surface area contributed by atoms with Gasteiger partial charge < -0.3 is 5.11 Å². The summed E-state index contributed by atoms with van der Waals surface area (Å²) in [5.74, 6) is 1.00. The molecule has 0 heterocycles. The van der Waals surface area contributed by atoms with Gasteiger partial charge in [0.05, 0.1) is 17.6 Å². The van der Waals surface area contributed by atoms with Crippen LogP contribution < -0.4 is 0 Å². The molecule has 0 spiro atoms. The number of benzene rings is 2. The molecule has 4 rings (SSSR count). The molecular weight excluding hydrogens is 258 g/mol. The maximum Gasteiger partial charge on any atom is 0.0985 e. The van der Waals surface area contributed by atoms with Crippen LogP contribution in [0.5, 0.6) is 0 Å². The van der Waals surface area contributed by atoms with Crippen molar-refractivity contribution in [3.8, 4) is 6.07 Å². The van der Waals surface area contributed by atoms with E-state index >= 15 is 0 Å². The Morgan fingerprint density at radius 2 is 1.95 bits per heavy atom. The number of fused-ring (bicyclic) bond motifs is 3. The summed E-state index contributed by atoms with van der Waals surface area (Å²) < 4.78 is 0. The molecule has 0 saturated heterocycles. The molecule has 2 saturated carbocycles. The van der Waals surface area contributed by atoms with Crippen LogP contribution in [-0.4, -0.2) is 5.11 Å². The van der Waals surface area contributed by atoms with Gasteiger partial charge in [0, 0.05) is 0 Å². The van der Waals surface area contributed by atoms with E-state index in [1.807, 2.05) is 30.3 Å². The first-order valence-corrected chi connectivity index (χ1v) is 7.81. The molecule has 2 aliphatic rings. The van der Waals surface area contributed by atoms with Gasteiger partial charge in [0.2, 0.25) is 0 Å². The third kappa shape index (κ3) is 1.74. The molecule has 4 unspecified atom stereocenters. The average molecular weight is 277 g/mol. The highest BCUT2D eigenvalue weighted by Crippen LogP contribution is 2.60. The normalized spacial score (nSPS) is 32.2. The molecular formula is C19H19NO. The van der Waals surface area contributed by atoms with Crippen LogP contribution in [0.1, 0.15) is 37.4 Å². The summed E-state index contributed by atoms with van der Waals surface area (Å²) in [6.45, 7) is 0. The zero-order chi connectivity index (χ0) is 14.4. The van der Waals surface area contributed by atoms with Gasteiger partial charge >= 0.3 is 0 Å². The molecule has 21 heavy (non-hydrogen) atoms. The molecule has 4 atom stereocenters. The number of aliphatic hydroxyl groups excluding tert-OH is 1. The Bertz CT molecular complexity index is 726. The summed E-state index contributed by atoms with van der Waals surface area (Å²) in [5.41, 5.74) is 0.342. The first kappa shape index (κ1) is 12.9. The predicted octanol–water partition coefficient (Wildman–Crippen LogP) is 4.20. The lowest BCUT2D eigenvalue weighted by Gasteiger charge is -2.36. The highest BCUT2D eigenvalue weighted by atomic mass is 16.3. The van der Waals surface area contributed by atoms with Crippen LogP contribution in [0.15, 0.2) is 42.5 Å². The maximum absolute atomic E-state index is 11.1. The van der Waals surface area contributed by atoms with E-state index in [9.17, 15) is 10.4 Å². The molecule has 0 amide bonds. The van der Waals surface area contributed by atoms with Crippen molar-refractivity contribution in [2.45, 2.75) is 31.8 Å². The van der Waals surface area contributed by atoms with Crippen molar-refractivity contribution in [2.24, 2.45) is 17.3 Å². The number of hydrogen-bond donors (Lipinski definition) is 1. The van der Waals surface area contributed by atoms with Crippen molar-refractivity contribution < 1.29 is 5.11 Å². The van der Waals surface area contributed by atoms with E-state index in [-0.39, 0.29) is 0 Å². The van der Waals surface area contributed by atoms with Gasteiger partial charge in [0.1, 0.15) is 0 Å². The van der Waals surface area contributed by atoms with Crippen molar-refractivity contribution in [1.82, 2.24) is 0 Å². The van der Waals surface area contributed by atoms with Crippen LogP contribution in [0.4, 0.5) is 0 Å². The smallest absolute Gasteiger partial charge is 0.0985 e. The van der Waals surface area contributed by atoms with Crippen LogP contribution >= 0.6 is 0 Å². The van der Waals surface area contributed by atoms with Crippen LogP contribution in [-0.2, 0) is 0 Å². The maximum atomic E-state index is 11.1. The number of rotatable bonds is 2. The van der Waals surface area contributed by atoms with Gasteiger partial charge in [-0.05, 0) is 47.4 Å². The standard InChI is InChI=1S/C19H19NO/c20-12-19(11-13-8-9-15(19)10-13)18(21)17-7-3-5-14-4-1-2-6-16(14)17/h1-7,13,15,18,21H,8-11H2. The summed E-state index contributed by atoms with van der Waals surface area (Å²) in [6, 6.07) is 16.7. The van der Waals surface area contributed by atoms with Crippen LogP contribution in [0.2, 0.25) is 0 Å². The Kier molecular flexibility index (Phi) is 2.80. The quantitative estimate of drug-likeness (QED) is 0.894. The Morgan fingerprint density at radius 1 is 1.14 bits per heavy atom. The molecule has 2 aromatic rings. The van der Waals surface area contributed by atoms with Gasteiger partial charge in [-0.1, -0.05) is 48.9 Å². The zero-order valence-corrected chi connectivity index (χ0v) is 12.0. The second-order valence-electron chi connectivity index (χ2n) is 6.70. The number of nitrogens with zero attached hydrogens (tertiary/aromatic N) is 1. The Balaban J connectivity index is 1.83. The largest absolute Gasteiger partial charge is 0.387 e. The van der Waals surface area contributed by atoms with Gasteiger partial charge in [-0.2, -0.15) is 5.26 Å². The minimum Gasteiger partial charge on any atom is -0.387 e. The molecule has 106 valence electrons. The first-order chi connectivity index (χ1) is 10.2. The van der Waals surface area contributed by atoms with Crippen molar-refractivity contribution >= 4 is 10.8 Å². The van der Waals surface area contributed by atoms with Crippen LogP contribution in [0.25, 0.3) is 10.8 Å². The van der Waals surface area contributed by atoms with Crippen LogP contribution in [0, 0.1) is 28.6 Å². The van der Waals surface area contributed by atoms with Crippen molar-refractivity contribution in [2.75, 3.05) is 0 Å². The summed E-state index contributed by atoms with van der Waals surface area (Å²) in [5, 5.41) is 23.1. The SMILES string of the molecule is N#CC1(C(O)c2cccc3ccccc23)CC2CCC1C2. The van der Waals surface area contributed by atoms with E-state index in [0.29, 0.717) is 11.8 Å². The van der Waals surface area contributed by atoms with E-state index in [4.69, 9.17) is 0 Å². The molecule has 2 aliphatic carbocycles. The highest BCUT2D eigenvalue weighted by Gasteiger charge is 2.55. The third-order valence-electron chi connectivity index (χ3n) is 5.71. The summed E-state index contributed by atoms with van der Waals surface area (Å²) in [7, 11) is 0. The monoisotopic (exact) mass is 277 g/mol. The topological polar surface area (TPSA) is 44.0 Å². The minimum atomic E-state index is -0.677. The summed E-state index contributed by atoms with van der Waals surface area (Å²) >= 11 is 0. The number of hydrogen-bond acceptors (Lipinski definition) is 2. The molecule has 0 aliphatic heterocycles. The molecule has 2 nitrogen and oxygen atoms in total. The van der Waals surface area contributed by atoms with Crippen LogP contribution in [0.3, 0.4) is 0 Å². The van der Waals surface area contributed by atoms with E-state index in [0.717, 1.165) is 35.6 Å². The Morgan fingerprint density at radius 3 is 2.67 bits per heavy atom. The lowest BCUT2D eigenvalue weighted by atomic mass is 9.68. The number of nitriles is 1. The van der Waals surface area contributed by atoms with Crippen molar-refractivity contribution in [3.05, 3.63) is 48.0 Å². The van der Waals surface area contributed by atoms with E-state index in [1.54, 1.807) is 0 Å². The van der Waals surface area contributed by atoms with Crippen molar-refractivity contribution in [1.29, 1.82) is 5.26 Å². The summed E-state index contributed by atoms with van der Waals surface area (Å²) in [4.78, 5) is 0. The lowest BCUT2D eigenvalue weighted by Crippen LogP contribution is -2.33. The Labute approximate surface area is 125 Å². The molecule has 0 radical (unpaired) electrons. The predicted molar refractivity (Wildman–Crippen MR) is 82.4 cm³/mol. The second-order valence-corrected chi connectivity index (χ2v) is 6.70. The van der Waals surface area contributed by atoms with E-state index < -0.39 is 11.5 Å². The molecule has 2 bridgehead atoms.